The highest BCUT2D eigenvalue weighted by Gasteiger charge is 2.46. The highest BCUT2D eigenvalue weighted by molar-refractivity contribution is 7.09. The molecule has 0 aliphatic carbocycles. The van der Waals surface area contributed by atoms with E-state index in [1.54, 1.807) is 0 Å². The average molecular weight is 489 g/mol. The maximum atomic E-state index is 10.3. The molecule has 186 valence electrons. The van der Waals surface area contributed by atoms with Crippen LogP contribution in [-0.2, 0) is 23.6 Å². The summed E-state index contributed by atoms with van der Waals surface area (Å²) in [6.45, 7) is 6.73. The molecule has 0 aliphatic heterocycles. The Morgan fingerprint density at radius 1 is 0.629 bits per heavy atom. The Balaban J connectivity index is 2.38. The van der Waals surface area contributed by atoms with Gasteiger partial charge in [0.05, 0.1) is 0 Å². The van der Waals surface area contributed by atoms with Gasteiger partial charge >= 0.3 is 7.32 Å². The molecule has 35 heavy (non-hydrogen) atoms. The fourth-order valence-corrected chi connectivity index (χ4v) is 9.17. The number of unbranched alkanes of at least 4 members (excludes halogenated alkanes) is 3. The molecule has 0 radical (unpaired) electrons. The van der Waals surface area contributed by atoms with E-state index in [1.165, 1.54) is 29.5 Å². The largest absolute Gasteiger partial charge is 0.623 e. The Bertz CT molecular complexity index is 985. The SMILES string of the molecule is CCCCc1ccc([Si](OB(O)O)(c2ccccc2)c2ccccc2)c(CCCC)c1CCCC. The lowest BCUT2D eigenvalue weighted by Crippen LogP contribution is -2.72. The van der Waals surface area contributed by atoms with E-state index in [0.717, 1.165) is 60.5 Å². The topological polar surface area (TPSA) is 49.7 Å². The van der Waals surface area contributed by atoms with Crippen molar-refractivity contribution in [3.63, 3.8) is 0 Å². The smallest absolute Gasteiger partial charge is 0.417 e. The highest BCUT2D eigenvalue weighted by atomic mass is 28.4. The summed E-state index contributed by atoms with van der Waals surface area (Å²) < 4.78 is 6.35. The second-order valence-electron chi connectivity index (χ2n) is 9.40. The third-order valence-corrected chi connectivity index (χ3v) is 11.0. The van der Waals surface area contributed by atoms with Crippen LogP contribution in [0.4, 0.5) is 0 Å². The number of aryl methyl sites for hydroxylation is 1. The molecule has 0 saturated heterocycles. The van der Waals surface area contributed by atoms with E-state index in [1.807, 2.05) is 36.4 Å². The molecule has 3 rings (SSSR count). The molecular formula is C30H41BO3Si. The number of hydrogen-bond donors (Lipinski definition) is 2. The average Bonchev–Trinajstić information content (AvgIpc) is 2.89. The van der Waals surface area contributed by atoms with Crippen LogP contribution in [0, 0.1) is 0 Å². The van der Waals surface area contributed by atoms with Crippen LogP contribution in [0.15, 0.2) is 72.8 Å². The zero-order valence-corrected chi connectivity index (χ0v) is 22.7. The van der Waals surface area contributed by atoms with Gasteiger partial charge in [0.1, 0.15) is 0 Å². The molecule has 0 aliphatic rings. The van der Waals surface area contributed by atoms with Gasteiger partial charge in [-0.1, -0.05) is 113 Å². The maximum absolute atomic E-state index is 10.3. The molecule has 2 N–H and O–H groups in total. The summed E-state index contributed by atoms with van der Waals surface area (Å²) in [7, 11) is -5.07. The van der Waals surface area contributed by atoms with Crippen molar-refractivity contribution in [2.75, 3.05) is 0 Å². The van der Waals surface area contributed by atoms with Gasteiger partial charge in [0, 0.05) is 0 Å². The van der Waals surface area contributed by atoms with Crippen LogP contribution in [-0.4, -0.2) is 25.7 Å². The predicted octanol–water partition coefficient (Wildman–Crippen LogP) is 4.67. The maximum Gasteiger partial charge on any atom is 0.623 e. The summed E-state index contributed by atoms with van der Waals surface area (Å²) in [4.78, 5) is 0. The minimum atomic E-state index is -3.21. The lowest BCUT2D eigenvalue weighted by Gasteiger charge is -2.36. The lowest BCUT2D eigenvalue weighted by atomic mass is 9.91. The first kappa shape index (κ1) is 27.4. The number of hydrogen-bond acceptors (Lipinski definition) is 3. The molecule has 3 aromatic rings. The van der Waals surface area contributed by atoms with E-state index in [0.29, 0.717) is 0 Å². The van der Waals surface area contributed by atoms with Crippen LogP contribution in [0.2, 0.25) is 0 Å². The summed E-state index contributed by atoms with van der Waals surface area (Å²) in [5.74, 6) is 0. The van der Waals surface area contributed by atoms with E-state index < -0.39 is 15.6 Å². The molecule has 0 bridgehead atoms. The fourth-order valence-electron chi connectivity index (χ4n) is 5.16. The van der Waals surface area contributed by atoms with Gasteiger partial charge in [-0.2, -0.15) is 0 Å². The van der Waals surface area contributed by atoms with E-state index in [4.69, 9.17) is 4.34 Å². The van der Waals surface area contributed by atoms with E-state index >= 15 is 0 Å². The van der Waals surface area contributed by atoms with Gasteiger partial charge in [-0.25, -0.2) is 0 Å². The fraction of sp³-hybridized carbons (Fsp3) is 0.400. The molecule has 0 saturated carbocycles. The Hall–Kier alpha value is -2.18. The van der Waals surface area contributed by atoms with E-state index in [-0.39, 0.29) is 0 Å². The molecule has 0 spiro atoms. The molecule has 5 heteroatoms. The Kier molecular flexibility index (Phi) is 10.8. The first-order valence-corrected chi connectivity index (χ1v) is 15.3. The van der Waals surface area contributed by atoms with Gasteiger partial charge in [0.15, 0.2) is 0 Å². The van der Waals surface area contributed by atoms with Crippen LogP contribution >= 0.6 is 0 Å². The van der Waals surface area contributed by atoms with E-state index in [2.05, 4.69) is 57.2 Å². The van der Waals surface area contributed by atoms with Crippen LogP contribution in [0.5, 0.6) is 0 Å². The quantitative estimate of drug-likeness (QED) is 0.256. The zero-order valence-electron chi connectivity index (χ0n) is 21.7. The van der Waals surface area contributed by atoms with Crippen LogP contribution in [0.25, 0.3) is 0 Å². The van der Waals surface area contributed by atoms with Crippen LogP contribution in [0.1, 0.15) is 76.0 Å². The predicted molar refractivity (Wildman–Crippen MR) is 151 cm³/mol. The summed E-state index contributed by atoms with van der Waals surface area (Å²) in [6.07, 6.45) is 9.97. The van der Waals surface area contributed by atoms with Gasteiger partial charge in [-0.15, -0.1) is 0 Å². The molecule has 0 fully saturated rings. The lowest BCUT2D eigenvalue weighted by molar-refractivity contribution is 0.290. The second kappa shape index (κ2) is 13.8. The molecule has 0 aromatic heterocycles. The third kappa shape index (κ3) is 6.53. The van der Waals surface area contributed by atoms with Crippen molar-refractivity contribution in [3.8, 4) is 0 Å². The minimum absolute atomic E-state index is 0.976. The van der Waals surface area contributed by atoms with Gasteiger partial charge in [0.2, 0.25) is 0 Å². The Labute approximate surface area is 213 Å². The normalized spacial score (nSPS) is 11.6. The monoisotopic (exact) mass is 488 g/mol. The summed E-state index contributed by atoms with van der Waals surface area (Å²) >= 11 is 0. The van der Waals surface area contributed by atoms with Crippen molar-refractivity contribution in [1.82, 2.24) is 0 Å². The van der Waals surface area contributed by atoms with Gasteiger partial charge in [-0.05, 0) is 70.8 Å². The highest BCUT2D eigenvalue weighted by Crippen LogP contribution is 2.24. The van der Waals surface area contributed by atoms with Crippen molar-refractivity contribution in [2.24, 2.45) is 0 Å². The van der Waals surface area contributed by atoms with Crippen molar-refractivity contribution < 1.29 is 14.4 Å². The first-order chi connectivity index (χ1) is 17.1. The minimum Gasteiger partial charge on any atom is -0.417 e. The standard InChI is InChI=1S/C30H41BO3Si/c1-4-7-16-25-23-24-30(29(22-9-6-3)28(25)21-8-5-2)35(34-31(32)33,26-17-12-10-13-18-26)27-19-14-11-15-20-27/h10-15,17-20,23-24,32-33H,4-9,16,21-22H2,1-3H3. The molecule has 0 amide bonds. The van der Waals surface area contributed by atoms with Crippen LogP contribution in [0.3, 0.4) is 0 Å². The van der Waals surface area contributed by atoms with Gasteiger partial charge in [0.25, 0.3) is 8.32 Å². The third-order valence-electron chi connectivity index (χ3n) is 6.91. The molecule has 0 heterocycles. The van der Waals surface area contributed by atoms with Gasteiger partial charge < -0.3 is 14.4 Å². The van der Waals surface area contributed by atoms with Crippen molar-refractivity contribution in [1.29, 1.82) is 0 Å². The summed E-state index contributed by atoms with van der Waals surface area (Å²) in [6, 6.07) is 25.0. The molecular weight excluding hydrogens is 447 g/mol. The first-order valence-electron chi connectivity index (χ1n) is 13.4. The van der Waals surface area contributed by atoms with Crippen LogP contribution < -0.4 is 15.6 Å². The van der Waals surface area contributed by atoms with Gasteiger partial charge in [-0.3, -0.25) is 0 Å². The zero-order chi connectivity index (χ0) is 25.1. The van der Waals surface area contributed by atoms with E-state index in [9.17, 15) is 10.0 Å². The Morgan fingerprint density at radius 3 is 1.60 bits per heavy atom. The number of rotatable bonds is 14. The second-order valence-corrected chi connectivity index (χ2v) is 12.7. The molecule has 0 unspecified atom stereocenters. The number of benzene rings is 3. The molecule has 3 aromatic carbocycles. The van der Waals surface area contributed by atoms with Crippen molar-refractivity contribution >= 4 is 31.2 Å². The Morgan fingerprint density at radius 2 is 1.11 bits per heavy atom. The summed E-state index contributed by atoms with van der Waals surface area (Å²) in [5.41, 5.74) is 4.28. The van der Waals surface area contributed by atoms with Crippen molar-refractivity contribution in [3.05, 3.63) is 89.5 Å². The van der Waals surface area contributed by atoms with Crippen molar-refractivity contribution in [2.45, 2.75) is 78.6 Å². The molecule has 0 atom stereocenters. The summed E-state index contributed by atoms with van der Waals surface area (Å²) in [5, 5.41) is 23.8. The molecule has 3 nitrogen and oxygen atoms in total.